The first-order valence-electron chi connectivity index (χ1n) is 7.69. The number of halogens is 1. The van der Waals surface area contributed by atoms with Gasteiger partial charge in [0.05, 0.1) is 5.92 Å². The van der Waals surface area contributed by atoms with Gasteiger partial charge in [0.1, 0.15) is 0 Å². The average Bonchev–Trinajstić information content (AvgIpc) is 2.52. The molecule has 0 bridgehead atoms. The predicted octanol–water partition coefficient (Wildman–Crippen LogP) is 4.34. The zero-order valence-electron chi connectivity index (χ0n) is 13.7. The molecule has 0 aliphatic heterocycles. The number of carbonyl (C=O) groups is 2. The molecule has 2 N–H and O–H groups in total. The molecule has 0 spiro atoms. The van der Waals surface area contributed by atoms with E-state index in [1.807, 2.05) is 50.2 Å². The van der Waals surface area contributed by atoms with Crippen LogP contribution in [0.1, 0.15) is 23.1 Å². The van der Waals surface area contributed by atoms with Crippen LogP contribution < -0.4 is 5.32 Å². The molecule has 1 atom stereocenters. The number of hydrogen-bond donors (Lipinski definition) is 2. The van der Waals surface area contributed by atoms with Crippen molar-refractivity contribution < 1.29 is 14.7 Å². The first-order valence-corrected chi connectivity index (χ1v) is 8.49. The van der Waals surface area contributed by atoms with E-state index >= 15 is 0 Å². The molecule has 4 nitrogen and oxygen atoms in total. The number of carbonyl (C=O) groups excluding carboxylic acids is 1. The minimum absolute atomic E-state index is 0.0608. The van der Waals surface area contributed by atoms with Crippen LogP contribution in [0.25, 0.3) is 0 Å². The molecular formula is C19H20BrNO3. The van der Waals surface area contributed by atoms with Crippen LogP contribution in [0.2, 0.25) is 0 Å². The average molecular weight is 390 g/mol. The lowest BCUT2D eigenvalue weighted by molar-refractivity contribution is -0.143. The van der Waals surface area contributed by atoms with Crippen molar-refractivity contribution in [2.24, 2.45) is 5.92 Å². The van der Waals surface area contributed by atoms with Gasteiger partial charge in [-0.05, 0) is 43.5 Å². The first-order chi connectivity index (χ1) is 11.3. The number of aliphatic carboxylic acids is 1. The van der Waals surface area contributed by atoms with Crippen LogP contribution in [0.15, 0.2) is 46.9 Å². The molecule has 0 fully saturated rings. The normalized spacial score (nSPS) is 11.8. The van der Waals surface area contributed by atoms with E-state index in [4.69, 9.17) is 0 Å². The van der Waals surface area contributed by atoms with Gasteiger partial charge in [-0.1, -0.05) is 51.8 Å². The lowest BCUT2D eigenvalue weighted by atomic mass is 9.95. The van der Waals surface area contributed by atoms with Crippen LogP contribution in [-0.4, -0.2) is 17.0 Å². The summed E-state index contributed by atoms with van der Waals surface area (Å²) in [4.78, 5) is 23.6. The summed E-state index contributed by atoms with van der Waals surface area (Å²) < 4.78 is 0.898. The topological polar surface area (TPSA) is 66.4 Å². The summed E-state index contributed by atoms with van der Waals surface area (Å²) in [5, 5.41) is 12.2. The Morgan fingerprint density at radius 2 is 1.79 bits per heavy atom. The first kappa shape index (κ1) is 18.2. The largest absolute Gasteiger partial charge is 0.481 e. The molecule has 0 saturated carbocycles. The van der Waals surface area contributed by atoms with E-state index in [1.54, 1.807) is 6.07 Å². The van der Waals surface area contributed by atoms with E-state index in [0.29, 0.717) is 12.1 Å². The van der Waals surface area contributed by atoms with E-state index in [-0.39, 0.29) is 12.3 Å². The molecule has 0 aromatic heterocycles. The van der Waals surface area contributed by atoms with Crippen LogP contribution in [0.4, 0.5) is 5.69 Å². The van der Waals surface area contributed by atoms with Crippen LogP contribution in [0, 0.1) is 19.8 Å². The molecule has 0 aliphatic carbocycles. The zero-order chi connectivity index (χ0) is 17.7. The summed E-state index contributed by atoms with van der Waals surface area (Å²) in [6, 6.07) is 13.2. The molecule has 2 aromatic rings. The van der Waals surface area contributed by atoms with Gasteiger partial charge in [-0.3, -0.25) is 9.59 Å². The smallest absolute Gasteiger partial charge is 0.307 e. The van der Waals surface area contributed by atoms with E-state index in [9.17, 15) is 14.7 Å². The molecule has 24 heavy (non-hydrogen) atoms. The van der Waals surface area contributed by atoms with Gasteiger partial charge in [0.15, 0.2) is 0 Å². The summed E-state index contributed by atoms with van der Waals surface area (Å²) in [5.41, 5.74) is 3.75. The van der Waals surface area contributed by atoms with Crippen LogP contribution >= 0.6 is 15.9 Å². The van der Waals surface area contributed by atoms with Crippen molar-refractivity contribution in [3.63, 3.8) is 0 Å². The molecule has 126 valence electrons. The fourth-order valence-electron chi connectivity index (χ4n) is 2.36. The fourth-order valence-corrected chi connectivity index (χ4v) is 2.74. The summed E-state index contributed by atoms with van der Waals surface area (Å²) in [6.07, 6.45) is 0.273. The minimum atomic E-state index is -0.962. The molecule has 2 aromatic carbocycles. The zero-order valence-corrected chi connectivity index (χ0v) is 15.3. The Hall–Kier alpha value is -2.14. The quantitative estimate of drug-likeness (QED) is 0.771. The van der Waals surface area contributed by atoms with Crippen LogP contribution in [0.3, 0.4) is 0 Å². The van der Waals surface area contributed by atoms with Crippen molar-refractivity contribution >= 4 is 33.5 Å². The maximum Gasteiger partial charge on any atom is 0.307 e. The number of carboxylic acids is 1. The third kappa shape index (κ3) is 5.20. The SMILES string of the molecule is Cc1ccc(C[C@H](CC(=O)Nc2ccc(C)c(Br)c2)C(=O)O)cc1. The van der Waals surface area contributed by atoms with Crippen molar-refractivity contribution in [3.8, 4) is 0 Å². The van der Waals surface area contributed by atoms with E-state index < -0.39 is 11.9 Å². The third-order valence-corrected chi connectivity index (χ3v) is 4.69. The van der Waals surface area contributed by atoms with E-state index in [2.05, 4.69) is 21.2 Å². The Morgan fingerprint density at radius 1 is 1.12 bits per heavy atom. The number of benzene rings is 2. The third-order valence-electron chi connectivity index (χ3n) is 3.84. The summed E-state index contributed by atoms with van der Waals surface area (Å²) in [6.45, 7) is 3.93. The van der Waals surface area contributed by atoms with Gasteiger partial charge in [0, 0.05) is 16.6 Å². The number of hydrogen-bond acceptors (Lipinski definition) is 2. The molecule has 0 heterocycles. The standard InChI is InChI=1S/C19H20BrNO3/c1-12-3-6-14(7-4-12)9-15(19(23)24)10-18(22)21-16-8-5-13(2)17(20)11-16/h3-8,11,15H,9-10H2,1-2H3,(H,21,22)(H,23,24)/t15-/m1/s1. The highest BCUT2D eigenvalue weighted by atomic mass is 79.9. The van der Waals surface area contributed by atoms with Gasteiger partial charge in [0.25, 0.3) is 0 Å². The molecule has 2 rings (SSSR count). The lowest BCUT2D eigenvalue weighted by Crippen LogP contribution is -2.24. The van der Waals surface area contributed by atoms with Crippen molar-refractivity contribution in [3.05, 3.63) is 63.6 Å². The van der Waals surface area contributed by atoms with Crippen molar-refractivity contribution in [1.29, 1.82) is 0 Å². The number of carboxylic acid groups (broad SMARTS) is 1. The molecule has 1 amide bonds. The molecule has 0 radical (unpaired) electrons. The van der Waals surface area contributed by atoms with Gasteiger partial charge >= 0.3 is 5.97 Å². The number of anilines is 1. The second kappa shape index (κ2) is 8.11. The monoisotopic (exact) mass is 389 g/mol. The second-order valence-electron chi connectivity index (χ2n) is 5.94. The summed E-state index contributed by atoms with van der Waals surface area (Å²) in [5.74, 6) is -2.01. The molecule has 0 unspecified atom stereocenters. The van der Waals surface area contributed by atoms with Gasteiger partial charge in [0.2, 0.25) is 5.91 Å². The minimum Gasteiger partial charge on any atom is -0.481 e. The Morgan fingerprint density at radius 3 is 2.38 bits per heavy atom. The lowest BCUT2D eigenvalue weighted by Gasteiger charge is -2.13. The molecular weight excluding hydrogens is 370 g/mol. The summed E-state index contributed by atoms with van der Waals surface area (Å²) >= 11 is 3.41. The number of amides is 1. The Labute approximate surface area is 150 Å². The Bertz CT molecular complexity index is 741. The Balaban J connectivity index is 2.01. The van der Waals surface area contributed by atoms with Crippen LogP contribution in [-0.2, 0) is 16.0 Å². The maximum absolute atomic E-state index is 12.2. The Kier molecular flexibility index (Phi) is 6.15. The van der Waals surface area contributed by atoms with E-state index in [0.717, 1.165) is 21.2 Å². The molecule has 5 heteroatoms. The number of nitrogens with one attached hydrogen (secondary N) is 1. The molecule has 0 saturated heterocycles. The van der Waals surface area contributed by atoms with Crippen molar-refractivity contribution in [2.45, 2.75) is 26.7 Å². The fraction of sp³-hybridized carbons (Fsp3) is 0.263. The van der Waals surface area contributed by atoms with Gasteiger partial charge in [-0.15, -0.1) is 0 Å². The second-order valence-corrected chi connectivity index (χ2v) is 6.80. The predicted molar refractivity (Wildman–Crippen MR) is 98.1 cm³/mol. The van der Waals surface area contributed by atoms with Crippen LogP contribution in [0.5, 0.6) is 0 Å². The maximum atomic E-state index is 12.2. The summed E-state index contributed by atoms with van der Waals surface area (Å²) in [7, 11) is 0. The highest BCUT2D eigenvalue weighted by Crippen LogP contribution is 2.21. The van der Waals surface area contributed by atoms with E-state index in [1.165, 1.54) is 0 Å². The van der Waals surface area contributed by atoms with Crippen molar-refractivity contribution in [1.82, 2.24) is 0 Å². The highest BCUT2D eigenvalue weighted by Gasteiger charge is 2.22. The van der Waals surface area contributed by atoms with Gasteiger partial charge < -0.3 is 10.4 Å². The molecule has 0 aliphatic rings. The number of rotatable bonds is 6. The van der Waals surface area contributed by atoms with Gasteiger partial charge in [-0.25, -0.2) is 0 Å². The number of aryl methyl sites for hydroxylation is 2. The van der Waals surface area contributed by atoms with Gasteiger partial charge in [-0.2, -0.15) is 0 Å². The highest BCUT2D eigenvalue weighted by molar-refractivity contribution is 9.10. The van der Waals surface area contributed by atoms with Crippen molar-refractivity contribution in [2.75, 3.05) is 5.32 Å².